The molecule has 13 heteroatoms. The number of amides is 2. The second-order valence-electron chi connectivity index (χ2n) is 9.36. The molecular formula is C28H28F4N4O5. The van der Waals surface area contributed by atoms with E-state index in [2.05, 4.69) is 10.6 Å². The second-order valence-corrected chi connectivity index (χ2v) is 9.36. The Morgan fingerprint density at radius 2 is 1.56 bits per heavy atom. The lowest BCUT2D eigenvalue weighted by Gasteiger charge is -2.30. The Morgan fingerprint density at radius 1 is 0.951 bits per heavy atom. The Bertz CT molecular complexity index is 1310. The summed E-state index contributed by atoms with van der Waals surface area (Å²) in [6, 6.07) is 10.4. The van der Waals surface area contributed by atoms with Gasteiger partial charge in [-0.05, 0) is 35.4 Å². The molecule has 218 valence electrons. The van der Waals surface area contributed by atoms with Crippen molar-refractivity contribution in [1.29, 1.82) is 0 Å². The third-order valence-electron chi connectivity index (χ3n) is 6.39. The molecule has 0 radical (unpaired) electrons. The zero-order valence-electron chi connectivity index (χ0n) is 21.6. The molecule has 0 spiro atoms. The van der Waals surface area contributed by atoms with Crippen LogP contribution in [0.5, 0.6) is 5.75 Å². The first-order chi connectivity index (χ1) is 19.6. The lowest BCUT2D eigenvalue weighted by Crippen LogP contribution is -2.50. The summed E-state index contributed by atoms with van der Waals surface area (Å²) in [4.78, 5) is 24.1. The van der Waals surface area contributed by atoms with Gasteiger partial charge in [-0.3, -0.25) is 4.79 Å². The first-order valence-electron chi connectivity index (χ1n) is 12.6. The first-order valence-corrected chi connectivity index (χ1v) is 12.6. The first kappa shape index (κ1) is 29.8. The Hall–Kier alpha value is -4.20. The second kappa shape index (κ2) is 13.4. The van der Waals surface area contributed by atoms with E-state index in [1.165, 1.54) is 48.5 Å². The van der Waals surface area contributed by atoms with Crippen molar-refractivity contribution in [3.63, 3.8) is 0 Å². The number of benzene rings is 3. The maximum Gasteiger partial charge on any atom is 0.404 e. The van der Waals surface area contributed by atoms with E-state index >= 15 is 0 Å². The average Bonchev–Trinajstić information content (AvgIpc) is 2.94. The van der Waals surface area contributed by atoms with Gasteiger partial charge in [-0.2, -0.15) is 0 Å². The standard InChI is InChI=1S/C28H28F4N4O5/c29-17-5-1-15(2-6-17)24(16-3-7-18(30)8-4-16)25(33)27(37)36-23-10-19(31)9-22(32)26(23)40-14-21-11-35-20(12-39-21)13-41-28(34)38/h1-10,20-21,24-25,35H,11-14,33H2,(H2,34,38)(H,36,37)/t20-,21-,25-/m0/s1. The fourth-order valence-corrected chi connectivity index (χ4v) is 4.36. The summed E-state index contributed by atoms with van der Waals surface area (Å²) < 4.78 is 72.1. The number of carbonyl (C=O) groups is 2. The number of nitrogens with one attached hydrogen (secondary N) is 2. The minimum absolute atomic E-state index is 0.00275. The van der Waals surface area contributed by atoms with E-state index < -0.39 is 59.1 Å². The monoisotopic (exact) mass is 576 g/mol. The zero-order valence-corrected chi connectivity index (χ0v) is 21.6. The predicted molar refractivity (Wildman–Crippen MR) is 140 cm³/mol. The van der Waals surface area contributed by atoms with Crippen LogP contribution in [0.1, 0.15) is 17.0 Å². The highest BCUT2D eigenvalue weighted by atomic mass is 19.1. The fourth-order valence-electron chi connectivity index (χ4n) is 4.36. The lowest BCUT2D eigenvalue weighted by molar-refractivity contribution is -0.117. The SMILES string of the molecule is NC(=O)OC[C@@H]1CO[C@H](COc2c(F)cc(F)cc2NC(=O)[C@@H](N)C(c2ccc(F)cc2)c2ccc(F)cc2)CN1. The molecule has 0 unspecified atom stereocenters. The van der Waals surface area contributed by atoms with Gasteiger partial charge in [0.15, 0.2) is 11.6 Å². The van der Waals surface area contributed by atoms with Crippen molar-refractivity contribution in [2.75, 3.05) is 31.7 Å². The van der Waals surface area contributed by atoms with Crippen molar-refractivity contribution < 1.29 is 41.4 Å². The quantitative estimate of drug-likeness (QED) is 0.272. The number of carbonyl (C=O) groups excluding carboxylic acids is 2. The summed E-state index contributed by atoms with van der Waals surface area (Å²) in [5, 5.41) is 5.50. The van der Waals surface area contributed by atoms with Crippen molar-refractivity contribution in [3.8, 4) is 5.75 Å². The number of morpholine rings is 1. The smallest absolute Gasteiger partial charge is 0.404 e. The van der Waals surface area contributed by atoms with E-state index in [9.17, 15) is 27.2 Å². The van der Waals surface area contributed by atoms with Gasteiger partial charge in [-0.1, -0.05) is 24.3 Å². The maximum absolute atomic E-state index is 14.8. The molecule has 2 amide bonds. The molecule has 3 aromatic carbocycles. The van der Waals surface area contributed by atoms with Gasteiger partial charge in [0.2, 0.25) is 5.91 Å². The Labute approximate surface area is 232 Å². The maximum atomic E-state index is 14.8. The van der Waals surface area contributed by atoms with E-state index in [4.69, 9.17) is 25.7 Å². The van der Waals surface area contributed by atoms with Crippen LogP contribution in [0.4, 0.5) is 28.0 Å². The van der Waals surface area contributed by atoms with Crippen molar-refractivity contribution in [2.24, 2.45) is 11.5 Å². The Morgan fingerprint density at radius 3 is 2.10 bits per heavy atom. The number of nitrogens with two attached hydrogens (primary N) is 2. The summed E-state index contributed by atoms with van der Waals surface area (Å²) in [5.41, 5.74) is 11.9. The van der Waals surface area contributed by atoms with E-state index in [0.29, 0.717) is 17.2 Å². The van der Waals surface area contributed by atoms with Gasteiger partial charge in [-0.25, -0.2) is 22.4 Å². The average molecular weight is 577 g/mol. The Kier molecular flexibility index (Phi) is 9.76. The van der Waals surface area contributed by atoms with Crippen LogP contribution in [0.25, 0.3) is 0 Å². The molecule has 1 aliphatic rings. The summed E-state index contributed by atoms with van der Waals surface area (Å²) in [6.07, 6.45) is -1.46. The van der Waals surface area contributed by atoms with Crippen LogP contribution >= 0.6 is 0 Å². The molecule has 0 bridgehead atoms. The number of rotatable bonds is 10. The van der Waals surface area contributed by atoms with Crippen LogP contribution in [0, 0.1) is 23.3 Å². The fraction of sp³-hybridized carbons (Fsp3) is 0.286. The molecule has 41 heavy (non-hydrogen) atoms. The number of primary amides is 1. The van der Waals surface area contributed by atoms with Crippen LogP contribution in [0.15, 0.2) is 60.7 Å². The third-order valence-corrected chi connectivity index (χ3v) is 6.39. The lowest BCUT2D eigenvalue weighted by atomic mass is 9.85. The minimum atomic E-state index is -1.34. The summed E-state index contributed by atoms with van der Waals surface area (Å²) in [5.74, 6) is -5.17. The molecule has 3 aromatic rings. The zero-order chi connectivity index (χ0) is 29.5. The summed E-state index contributed by atoms with van der Waals surface area (Å²) >= 11 is 0. The number of hydrogen-bond donors (Lipinski definition) is 4. The molecule has 1 saturated heterocycles. The van der Waals surface area contributed by atoms with Gasteiger partial charge < -0.3 is 36.3 Å². The van der Waals surface area contributed by atoms with E-state index in [-0.39, 0.29) is 38.1 Å². The van der Waals surface area contributed by atoms with Crippen LogP contribution in [-0.2, 0) is 14.3 Å². The van der Waals surface area contributed by atoms with Crippen molar-refractivity contribution in [3.05, 3.63) is 95.1 Å². The van der Waals surface area contributed by atoms with Crippen LogP contribution < -0.4 is 26.8 Å². The van der Waals surface area contributed by atoms with Crippen molar-refractivity contribution in [1.82, 2.24) is 5.32 Å². The molecule has 0 aliphatic carbocycles. The van der Waals surface area contributed by atoms with Crippen LogP contribution in [-0.4, -0.2) is 56.6 Å². The number of hydrogen-bond acceptors (Lipinski definition) is 7. The van der Waals surface area contributed by atoms with Crippen LogP contribution in [0.3, 0.4) is 0 Å². The third kappa shape index (κ3) is 7.93. The van der Waals surface area contributed by atoms with Crippen molar-refractivity contribution in [2.45, 2.75) is 24.1 Å². The van der Waals surface area contributed by atoms with E-state index in [1.807, 2.05) is 0 Å². The van der Waals surface area contributed by atoms with Gasteiger partial charge in [0, 0.05) is 24.6 Å². The molecule has 0 aromatic heterocycles. The molecule has 4 rings (SSSR count). The van der Waals surface area contributed by atoms with Crippen molar-refractivity contribution >= 4 is 17.7 Å². The van der Waals surface area contributed by atoms with Gasteiger partial charge in [-0.15, -0.1) is 0 Å². The molecule has 1 fully saturated rings. The van der Waals surface area contributed by atoms with Crippen LogP contribution in [0.2, 0.25) is 0 Å². The molecule has 0 saturated carbocycles. The summed E-state index contributed by atoms with van der Waals surface area (Å²) in [7, 11) is 0. The van der Waals surface area contributed by atoms with Gasteiger partial charge in [0.1, 0.15) is 36.8 Å². The topological polar surface area (TPSA) is 138 Å². The number of halogens is 4. The summed E-state index contributed by atoms with van der Waals surface area (Å²) in [6.45, 7) is 0.253. The number of anilines is 1. The number of ether oxygens (including phenoxy) is 3. The van der Waals surface area contributed by atoms with Gasteiger partial charge >= 0.3 is 6.09 Å². The molecular weight excluding hydrogens is 548 g/mol. The predicted octanol–water partition coefficient (Wildman–Crippen LogP) is 3.17. The molecule has 1 aliphatic heterocycles. The molecule has 3 atom stereocenters. The van der Waals surface area contributed by atoms with E-state index in [1.54, 1.807) is 0 Å². The minimum Gasteiger partial charge on any atom is -0.486 e. The Balaban J connectivity index is 1.48. The highest BCUT2D eigenvalue weighted by Crippen LogP contribution is 2.32. The van der Waals surface area contributed by atoms with E-state index in [0.717, 1.165) is 6.07 Å². The highest BCUT2D eigenvalue weighted by molar-refractivity contribution is 5.97. The highest BCUT2D eigenvalue weighted by Gasteiger charge is 2.30. The molecule has 6 N–H and O–H groups in total. The molecule has 9 nitrogen and oxygen atoms in total. The van der Waals surface area contributed by atoms with Gasteiger partial charge in [0.05, 0.1) is 24.4 Å². The van der Waals surface area contributed by atoms with Gasteiger partial charge in [0.25, 0.3) is 0 Å². The largest absolute Gasteiger partial charge is 0.486 e. The molecule has 1 heterocycles. The normalized spacial score (nSPS) is 17.6.